The first kappa shape index (κ1) is 15.2. The van der Waals surface area contributed by atoms with Gasteiger partial charge in [0, 0.05) is 19.0 Å². The number of carbonyl (C=O) groups is 1. The van der Waals surface area contributed by atoms with Crippen LogP contribution in [-0.4, -0.2) is 47.1 Å². The largest absolute Gasteiger partial charge is 0.444 e. The molecule has 3 unspecified atom stereocenters. The maximum Gasteiger partial charge on any atom is 0.410 e. The minimum absolute atomic E-state index is 0.203. The highest BCUT2D eigenvalue weighted by molar-refractivity contribution is 5.68. The van der Waals surface area contributed by atoms with Crippen LogP contribution in [0.25, 0.3) is 0 Å². The van der Waals surface area contributed by atoms with Gasteiger partial charge in [-0.25, -0.2) is 9.18 Å². The number of amides is 1. The highest BCUT2D eigenvalue weighted by atomic mass is 19.1. The molecule has 4 nitrogen and oxygen atoms in total. The van der Waals surface area contributed by atoms with Crippen molar-refractivity contribution in [1.82, 2.24) is 4.90 Å². The molecule has 0 radical (unpaired) electrons. The van der Waals surface area contributed by atoms with Crippen molar-refractivity contribution in [3.8, 4) is 0 Å². The molecule has 1 amide bonds. The van der Waals surface area contributed by atoms with Gasteiger partial charge < -0.3 is 14.7 Å². The maximum absolute atomic E-state index is 13.0. The van der Waals surface area contributed by atoms with E-state index in [2.05, 4.69) is 0 Å². The average Bonchev–Trinajstić information content (AvgIpc) is 2.17. The second kappa shape index (κ2) is 5.87. The van der Waals surface area contributed by atoms with Crippen LogP contribution in [0.2, 0.25) is 0 Å². The van der Waals surface area contributed by atoms with E-state index >= 15 is 0 Å². The lowest BCUT2D eigenvalue weighted by molar-refractivity contribution is -0.0140. The fraction of sp³-hybridized carbons (Fsp3) is 0.923. The zero-order valence-corrected chi connectivity index (χ0v) is 11.6. The average molecular weight is 261 g/mol. The number of halogens is 1. The Labute approximate surface area is 108 Å². The molecular weight excluding hydrogens is 237 g/mol. The molecule has 0 saturated carbocycles. The van der Waals surface area contributed by atoms with Crippen molar-refractivity contribution in [3.05, 3.63) is 0 Å². The van der Waals surface area contributed by atoms with Crippen molar-refractivity contribution < 1.29 is 19.0 Å². The Kier molecular flexibility index (Phi) is 4.96. The molecule has 1 aliphatic heterocycles. The minimum Gasteiger partial charge on any atom is -0.444 e. The first-order valence-corrected chi connectivity index (χ1v) is 6.49. The summed E-state index contributed by atoms with van der Waals surface area (Å²) in [7, 11) is 0. The van der Waals surface area contributed by atoms with E-state index in [0.717, 1.165) is 0 Å². The van der Waals surface area contributed by atoms with Crippen LogP contribution in [0.1, 0.15) is 40.5 Å². The van der Waals surface area contributed by atoms with Crippen LogP contribution in [0.15, 0.2) is 0 Å². The van der Waals surface area contributed by atoms with Crippen LogP contribution >= 0.6 is 0 Å². The number of nitrogens with zero attached hydrogens (tertiary/aromatic N) is 1. The fourth-order valence-corrected chi connectivity index (χ4v) is 2.16. The smallest absolute Gasteiger partial charge is 0.410 e. The molecule has 5 heteroatoms. The van der Waals surface area contributed by atoms with E-state index in [4.69, 9.17) is 4.74 Å². The van der Waals surface area contributed by atoms with Gasteiger partial charge in [-0.3, -0.25) is 0 Å². The van der Waals surface area contributed by atoms with Gasteiger partial charge in [0.15, 0.2) is 0 Å². The number of rotatable bonds is 2. The first-order valence-electron chi connectivity index (χ1n) is 6.49. The summed E-state index contributed by atoms with van der Waals surface area (Å²) in [6.07, 6.45) is -1.12. The van der Waals surface area contributed by atoms with Crippen LogP contribution in [0.5, 0.6) is 0 Å². The van der Waals surface area contributed by atoms with Gasteiger partial charge in [0.2, 0.25) is 0 Å². The van der Waals surface area contributed by atoms with Gasteiger partial charge in [-0.2, -0.15) is 0 Å². The van der Waals surface area contributed by atoms with Crippen LogP contribution < -0.4 is 0 Å². The van der Waals surface area contributed by atoms with Crippen molar-refractivity contribution in [2.75, 3.05) is 13.1 Å². The van der Waals surface area contributed by atoms with Gasteiger partial charge in [-0.15, -0.1) is 0 Å². The Morgan fingerprint density at radius 2 is 2.17 bits per heavy atom. The van der Waals surface area contributed by atoms with Gasteiger partial charge in [0.05, 0.1) is 12.3 Å². The van der Waals surface area contributed by atoms with Crippen molar-refractivity contribution in [1.29, 1.82) is 0 Å². The van der Waals surface area contributed by atoms with Gasteiger partial charge in [-0.05, 0) is 40.5 Å². The zero-order chi connectivity index (χ0) is 13.9. The summed E-state index contributed by atoms with van der Waals surface area (Å²) < 4.78 is 18.3. The van der Waals surface area contributed by atoms with Crippen LogP contribution in [0.3, 0.4) is 0 Å². The maximum atomic E-state index is 13.0. The predicted octanol–water partition coefficient (Wildman–Crippen LogP) is 2.35. The zero-order valence-electron chi connectivity index (χ0n) is 11.6. The number of aliphatic hydroxyl groups is 1. The highest BCUT2D eigenvalue weighted by Gasteiger charge is 2.33. The quantitative estimate of drug-likeness (QED) is 0.830. The third-order valence-electron chi connectivity index (χ3n) is 2.97. The summed E-state index contributed by atoms with van der Waals surface area (Å²) in [4.78, 5) is 13.4. The topological polar surface area (TPSA) is 49.8 Å². The van der Waals surface area contributed by atoms with Crippen LogP contribution in [0.4, 0.5) is 9.18 Å². The lowest BCUT2D eigenvalue weighted by Gasteiger charge is -2.37. The normalized spacial score (nSPS) is 26.9. The third kappa shape index (κ3) is 4.80. The van der Waals surface area contributed by atoms with Crippen molar-refractivity contribution in [2.24, 2.45) is 5.92 Å². The molecule has 1 fully saturated rings. The van der Waals surface area contributed by atoms with Crippen molar-refractivity contribution >= 4 is 6.09 Å². The number of carbonyl (C=O) groups excluding carboxylic acids is 1. The Hall–Kier alpha value is -0.840. The van der Waals surface area contributed by atoms with E-state index in [1.54, 1.807) is 4.90 Å². The number of hydrogen-bond donors (Lipinski definition) is 1. The first-order chi connectivity index (χ1) is 8.19. The number of ether oxygens (including phenoxy) is 1. The predicted molar refractivity (Wildman–Crippen MR) is 67.1 cm³/mol. The highest BCUT2D eigenvalue weighted by Crippen LogP contribution is 2.24. The summed E-state index contributed by atoms with van der Waals surface area (Å²) in [5, 5.41) is 9.80. The van der Waals surface area contributed by atoms with Gasteiger partial charge in [-0.1, -0.05) is 0 Å². The molecule has 3 atom stereocenters. The van der Waals surface area contributed by atoms with Gasteiger partial charge in [0.25, 0.3) is 0 Å². The molecule has 18 heavy (non-hydrogen) atoms. The molecular formula is C13H24FNO3. The lowest BCUT2D eigenvalue weighted by atomic mass is 9.90. The van der Waals surface area contributed by atoms with Crippen LogP contribution in [-0.2, 0) is 4.74 Å². The number of alkyl halides is 1. The second-order valence-electron chi connectivity index (χ2n) is 6.06. The lowest BCUT2D eigenvalue weighted by Crippen LogP contribution is -2.48. The molecule has 0 bridgehead atoms. The molecule has 0 aromatic heterocycles. The summed E-state index contributed by atoms with van der Waals surface area (Å²) >= 11 is 0. The summed E-state index contributed by atoms with van der Waals surface area (Å²) in [6.45, 7) is 7.73. The number of piperidine rings is 1. The minimum atomic E-state index is -0.969. The van der Waals surface area contributed by atoms with Crippen molar-refractivity contribution in [2.45, 2.75) is 58.4 Å². The van der Waals surface area contributed by atoms with Crippen LogP contribution in [0, 0.1) is 5.92 Å². The molecule has 1 rings (SSSR count). The molecule has 0 aromatic carbocycles. The van der Waals surface area contributed by atoms with E-state index in [1.807, 2.05) is 20.8 Å². The molecule has 1 aliphatic rings. The monoisotopic (exact) mass is 261 g/mol. The Balaban J connectivity index is 2.56. The number of hydrogen-bond acceptors (Lipinski definition) is 3. The van der Waals surface area contributed by atoms with E-state index in [1.165, 1.54) is 6.92 Å². The molecule has 1 heterocycles. The second-order valence-corrected chi connectivity index (χ2v) is 6.06. The summed E-state index contributed by atoms with van der Waals surface area (Å²) in [5.74, 6) is -0.203. The standard InChI is InChI=1S/C13H24FNO3/c1-9(14)7-10-8-15(6-5-11(10)16)12(17)18-13(2,3)4/h9-11,16H,5-8H2,1-4H3. The van der Waals surface area contributed by atoms with E-state index in [0.29, 0.717) is 19.5 Å². The third-order valence-corrected chi connectivity index (χ3v) is 2.97. The molecule has 0 aromatic rings. The van der Waals surface area contributed by atoms with Gasteiger partial charge in [0.1, 0.15) is 5.60 Å². The van der Waals surface area contributed by atoms with E-state index in [-0.39, 0.29) is 18.4 Å². The molecule has 0 spiro atoms. The summed E-state index contributed by atoms with van der Waals surface area (Å²) in [6, 6.07) is 0. The van der Waals surface area contributed by atoms with Crippen molar-refractivity contribution in [3.63, 3.8) is 0 Å². The number of likely N-dealkylation sites (tertiary alicyclic amines) is 1. The Morgan fingerprint density at radius 1 is 1.56 bits per heavy atom. The Bertz CT molecular complexity index is 288. The molecule has 106 valence electrons. The molecule has 1 saturated heterocycles. The molecule has 1 N–H and O–H groups in total. The summed E-state index contributed by atoms with van der Waals surface area (Å²) in [5.41, 5.74) is -0.532. The molecule has 0 aliphatic carbocycles. The van der Waals surface area contributed by atoms with Gasteiger partial charge >= 0.3 is 6.09 Å². The SMILES string of the molecule is CC(F)CC1CN(C(=O)OC(C)(C)C)CCC1O. The van der Waals surface area contributed by atoms with E-state index in [9.17, 15) is 14.3 Å². The van der Waals surface area contributed by atoms with E-state index < -0.39 is 17.9 Å². The fourth-order valence-electron chi connectivity index (χ4n) is 2.16. The Morgan fingerprint density at radius 3 is 2.67 bits per heavy atom. The number of aliphatic hydroxyl groups excluding tert-OH is 1.